The number of amides is 1. The first-order valence-electron chi connectivity index (χ1n) is 8.21. The Morgan fingerprint density at radius 1 is 1.48 bits per heavy atom. The number of nitrogens with one attached hydrogen (secondary N) is 1. The maximum absolute atomic E-state index is 12.3. The summed E-state index contributed by atoms with van der Waals surface area (Å²) in [5.41, 5.74) is 0. The highest BCUT2D eigenvalue weighted by atomic mass is 32.2. The summed E-state index contributed by atoms with van der Waals surface area (Å²) in [6, 6.07) is 0. The molecule has 7 heteroatoms. The minimum Gasteiger partial charge on any atom is -0.348 e. The van der Waals surface area contributed by atoms with Gasteiger partial charge in [-0.2, -0.15) is 0 Å². The van der Waals surface area contributed by atoms with Crippen LogP contribution < -0.4 is 5.32 Å². The molecule has 1 aromatic rings. The molecule has 1 N–H and O–H groups in total. The van der Waals surface area contributed by atoms with Gasteiger partial charge in [-0.05, 0) is 32.4 Å². The van der Waals surface area contributed by atoms with Crippen molar-refractivity contribution in [1.82, 2.24) is 25.0 Å². The molecule has 0 spiro atoms. The fourth-order valence-corrected chi connectivity index (χ4v) is 3.91. The van der Waals surface area contributed by atoms with Gasteiger partial charge >= 0.3 is 0 Å². The van der Waals surface area contributed by atoms with Gasteiger partial charge in [-0.1, -0.05) is 24.8 Å². The van der Waals surface area contributed by atoms with Gasteiger partial charge in [0.15, 0.2) is 5.16 Å². The van der Waals surface area contributed by atoms with Gasteiger partial charge in [0.25, 0.3) is 0 Å². The third kappa shape index (κ3) is 4.35. The van der Waals surface area contributed by atoms with Crippen LogP contribution >= 0.6 is 11.8 Å². The molecule has 6 nitrogen and oxygen atoms in total. The molecule has 0 unspecified atom stereocenters. The Bertz CT molecular complexity index is 537. The molecule has 23 heavy (non-hydrogen) atoms. The minimum atomic E-state index is -0.126. The Labute approximate surface area is 142 Å². The van der Waals surface area contributed by atoms with E-state index in [1.807, 2.05) is 13.0 Å². The van der Waals surface area contributed by atoms with Crippen LogP contribution in [-0.2, 0) is 11.3 Å². The van der Waals surface area contributed by atoms with Crippen LogP contribution in [0.5, 0.6) is 0 Å². The SMILES string of the molecule is C=CCn1c(S[C@@H](CC)C(=O)N(C)C)nnc1C1CCNCC1. The van der Waals surface area contributed by atoms with Gasteiger partial charge < -0.3 is 14.8 Å². The lowest BCUT2D eigenvalue weighted by Crippen LogP contribution is -2.31. The molecule has 2 heterocycles. The number of aromatic nitrogens is 3. The second-order valence-electron chi connectivity index (χ2n) is 6.01. The molecule has 1 fully saturated rings. The zero-order valence-corrected chi connectivity index (χ0v) is 15.1. The molecule has 2 rings (SSSR count). The highest BCUT2D eigenvalue weighted by Gasteiger charge is 2.26. The predicted octanol–water partition coefficient (Wildman–Crippen LogP) is 1.89. The van der Waals surface area contributed by atoms with Crippen molar-refractivity contribution in [3.8, 4) is 0 Å². The summed E-state index contributed by atoms with van der Waals surface area (Å²) in [6.45, 7) is 8.60. The van der Waals surface area contributed by atoms with Crippen molar-refractivity contribution < 1.29 is 4.79 Å². The van der Waals surface area contributed by atoms with Crippen LogP contribution in [-0.4, -0.2) is 58.0 Å². The number of hydrogen-bond acceptors (Lipinski definition) is 5. The van der Waals surface area contributed by atoms with Gasteiger partial charge in [-0.25, -0.2) is 0 Å². The maximum atomic E-state index is 12.3. The molecule has 0 aromatic carbocycles. The predicted molar refractivity (Wildman–Crippen MR) is 93.7 cm³/mol. The lowest BCUT2D eigenvalue weighted by atomic mass is 9.97. The first-order valence-corrected chi connectivity index (χ1v) is 9.09. The maximum Gasteiger partial charge on any atom is 0.235 e. The zero-order valence-electron chi connectivity index (χ0n) is 14.3. The molecule has 128 valence electrons. The van der Waals surface area contributed by atoms with Gasteiger partial charge in [0.05, 0.1) is 5.25 Å². The average molecular weight is 337 g/mol. The van der Waals surface area contributed by atoms with Gasteiger partial charge in [-0.3, -0.25) is 4.79 Å². The number of thioether (sulfide) groups is 1. The number of carbonyl (C=O) groups is 1. The molecular formula is C16H27N5OS. The highest BCUT2D eigenvalue weighted by Crippen LogP contribution is 2.30. The summed E-state index contributed by atoms with van der Waals surface area (Å²) in [5, 5.41) is 12.9. The van der Waals surface area contributed by atoms with Crippen molar-refractivity contribution in [3.05, 3.63) is 18.5 Å². The van der Waals surface area contributed by atoms with E-state index < -0.39 is 0 Å². The number of rotatable bonds is 7. The summed E-state index contributed by atoms with van der Waals surface area (Å²) in [6.07, 6.45) is 4.79. The van der Waals surface area contributed by atoms with Crippen molar-refractivity contribution in [2.24, 2.45) is 0 Å². The monoisotopic (exact) mass is 337 g/mol. The topological polar surface area (TPSA) is 63.1 Å². The molecule has 1 saturated heterocycles. The molecule has 1 aromatic heterocycles. The van der Waals surface area contributed by atoms with Crippen LogP contribution in [0.1, 0.15) is 37.9 Å². The quantitative estimate of drug-likeness (QED) is 0.608. The Morgan fingerprint density at radius 3 is 2.74 bits per heavy atom. The van der Waals surface area contributed by atoms with E-state index in [2.05, 4.69) is 26.7 Å². The number of allylic oxidation sites excluding steroid dienone is 1. The van der Waals surface area contributed by atoms with Crippen molar-refractivity contribution in [2.75, 3.05) is 27.2 Å². The van der Waals surface area contributed by atoms with E-state index in [1.165, 1.54) is 11.8 Å². The smallest absolute Gasteiger partial charge is 0.235 e. The van der Waals surface area contributed by atoms with Crippen molar-refractivity contribution in [3.63, 3.8) is 0 Å². The highest BCUT2D eigenvalue weighted by molar-refractivity contribution is 8.00. The van der Waals surface area contributed by atoms with Crippen molar-refractivity contribution in [2.45, 2.75) is 49.1 Å². The molecule has 0 saturated carbocycles. The van der Waals surface area contributed by atoms with E-state index >= 15 is 0 Å². The van der Waals surface area contributed by atoms with Crippen LogP contribution in [0.15, 0.2) is 17.8 Å². The van der Waals surface area contributed by atoms with E-state index in [-0.39, 0.29) is 11.2 Å². The third-order valence-corrected chi connectivity index (χ3v) is 5.43. The molecular weight excluding hydrogens is 310 g/mol. The molecule has 1 aliphatic heterocycles. The van der Waals surface area contributed by atoms with Crippen LogP contribution in [0.3, 0.4) is 0 Å². The zero-order chi connectivity index (χ0) is 16.8. The van der Waals surface area contributed by atoms with Gasteiger partial charge in [0, 0.05) is 26.6 Å². The van der Waals surface area contributed by atoms with Gasteiger partial charge in [0.1, 0.15) is 5.82 Å². The number of carbonyl (C=O) groups excluding carboxylic acids is 1. The van der Waals surface area contributed by atoms with Gasteiger partial charge in [0.2, 0.25) is 5.91 Å². The van der Waals surface area contributed by atoms with Crippen LogP contribution in [0.25, 0.3) is 0 Å². The fraction of sp³-hybridized carbons (Fsp3) is 0.688. The Kier molecular flexibility index (Phi) is 6.65. The Balaban J connectivity index is 2.22. The summed E-state index contributed by atoms with van der Waals surface area (Å²) in [5.74, 6) is 1.58. The third-order valence-electron chi connectivity index (χ3n) is 4.10. The summed E-state index contributed by atoms with van der Waals surface area (Å²) < 4.78 is 2.12. The fourth-order valence-electron chi connectivity index (χ4n) is 2.79. The lowest BCUT2D eigenvalue weighted by Gasteiger charge is -2.23. The van der Waals surface area contributed by atoms with Crippen molar-refractivity contribution >= 4 is 17.7 Å². The average Bonchev–Trinajstić information content (AvgIpc) is 2.95. The first kappa shape index (κ1) is 18.0. The molecule has 1 atom stereocenters. The van der Waals surface area contributed by atoms with E-state index in [1.54, 1.807) is 19.0 Å². The minimum absolute atomic E-state index is 0.120. The second-order valence-corrected chi connectivity index (χ2v) is 7.18. The Morgan fingerprint density at radius 2 is 2.17 bits per heavy atom. The lowest BCUT2D eigenvalue weighted by molar-refractivity contribution is -0.128. The molecule has 0 radical (unpaired) electrons. The Hall–Kier alpha value is -1.34. The number of hydrogen-bond donors (Lipinski definition) is 1. The summed E-state index contributed by atoms with van der Waals surface area (Å²) >= 11 is 1.51. The normalized spacial score (nSPS) is 17.0. The van der Waals surface area contributed by atoms with E-state index in [9.17, 15) is 4.79 Å². The first-order chi connectivity index (χ1) is 11.1. The van der Waals surface area contributed by atoms with E-state index in [4.69, 9.17) is 0 Å². The molecule has 1 aliphatic rings. The van der Waals surface area contributed by atoms with Crippen LogP contribution in [0.4, 0.5) is 0 Å². The largest absolute Gasteiger partial charge is 0.348 e. The standard InChI is InChI=1S/C16H27N5OS/c1-5-11-21-14(12-7-9-17-10-8-12)18-19-16(21)23-13(6-2)15(22)20(3)4/h5,12-13,17H,1,6-11H2,2-4H3/t13-/m0/s1. The van der Waals surface area contributed by atoms with E-state index in [0.717, 1.165) is 43.3 Å². The van der Waals surface area contributed by atoms with E-state index in [0.29, 0.717) is 12.5 Å². The second kappa shape index (κ2) is 8.49. The summed E-state index contributed by atoms with van der Waals surface area (Å²) in [4.78, 5) is 13.9. The van der Waals surface area contributed by atoms with Crippen LogP contribution in [0.2, 0.25) is 0 Å². The molecule has 1 amide bonds. The molecule has 0 bridgehead atoms. The number of piperidine rings is 1. The van der Waals surface area contributed by atoms with Crippen LogP contribution in [0, 0.1) is 0 Å². The number of nitrogens with zero attached hydrogens (tertiary/aromatic N) is 4. The molecule has 0 aliphatic carbocycles. The van der Waals surface area contributed by atoms with Gasteiger partial charge in [-0.15, -0.1) is 16.8 Å². The van der Waals surface area contributed by atoms with Crippen molar-refractivity contribution in [1.29, 1.82) is 0 Å². The summed E-state index contributed by atoms with van der Waals surface area (Å²) in [7, 11) is 3.58.